The van der Waals surface area contributed by atoms with Crippen LogP contribution in [-0.4, -0.2) is 28.5 Å². The standard InChI is InChI=1S/C14H18BN3O2/c1-13(2)14(3,4)20-15(19-13)9-5-6-12-10(7-9)11(16)8-17-18-12/h5-8H,1-4H3,(H2,16,18). The van der Waals surface area contributed by atoms with Gasteiger partial charge in [-0.3, -0.25) is 0 Å². The number of nitrogens with zero attached hydrogens (tertiary/aromatic N) is 2. The van der Waals surface area contributed by atoms with Crippen LogP contribution >= 0.6 is 0 Å². The highest BCUT2D eigenvalue weighted by Crippen LogP contribution is 2.36. The van der Waals surface area contributed by atoms with Crippen molar-refractivity contribution in [2.45, 2.75) is 38.9 Å². The Bertz CT molecular complexity index is 657. The van der Waals surface area contributed by atoms with Crippen molar-refractivity contribution in [2.24, 2.45) is 0 Å². The van der Waals surface area contributed by atoms with E-state index in [-0.39, 0.29) is 11.2 Å². The summed E-state index contributed by atoms with van der Waals surface area (Å²) in [6.45, 7) is 8.14. The molecule has 1 aliphatic rings. The first kappa shape index (κ1) is 13.3. The second-order valence-corrected chi connectivity index (χ2v) is 6.16. The van der Waals surface area contributed by atoms with Crippen LogP contribution in [0.3, 0.4) is 0 Å². The van der Waals surface area contributed by atoms with E-state index in [2.05, 4.69) is 10.2 Å². The van der Waals surface area contributed by atoms with Gasteiger partial charge in [-0.15, -0.1) is 0 Å². The summed E-state index contributed by atoms with van der Waals surface area (Å²) in [5.41, 5.74) is 7.56. The molecule has 20 heavy (non-hydrogen) atoms. The molecular formula is C14H18BN3O2. The number of nitrogen functional groups attached to an aromatic ring is 1. The number of benzene rings is 1. The average Bonchev–Trinajstić information content (AvgIpc) is 2.59. The summed E-state index contributed by atoms with van der Waals surface area (Å²) in [5, 5.41) is 8.77. The van der Waals surface area contributed by atoms with Crippen LogP contribution in [-0.2, 0) is 9.31 Å². The van der Waals surface area contributed by atoms with Crippen molar-refractivity contribution in [3.63, 3.8) is 0 Å². The Morgan fingerprint density at radius 1 is 1.10 bits per heavy atom. The van der Waals surface area contributed by atoms with E-state index >= 15 is 0 Å². The highest BCUT2D eigenvalue weighted by atomic mass is 16.7. The van der Waals surface area contributed by atoms with Gasteiger partial charge >= 0.3 is 7.12 Å². The SMILES string of the molecule is CC1(C)OB(c2ccc3nncc(N)c3c2)OC1(C)C. The van der Waals surface area contributed by atoms with Gasteiger partial charge < -0.3 is 15.0 Å². The molecule has 2 N–H and O–H groups in total. The molecule has 0 atom stereocenters. The van der Waals surface area contributed by atoms with Crippen molar-refractivity contribution in [1.82, 2.24) is 10.2 Å². The molecular weight excluding hydrogens is 253 g/mol. The van der Waals surface area contributed by atoms with E-state index in [0.717, 1.165) is 16.4 Å². The van der Waals surface area contributed by atoms with Crippen LogP contribution in [0.4, 0.5) is 5.69 Å². The van der Waals surface area contributed by atoms with Crippen LogP contribution in [0.1, 0.15) is 27.7 Å². The first-order valence-corrected chi connectivity index (χ1v) is 6.67. The molecule has 3 rings (SSSR count). The molecule has 1 saturated heterocycles. The molecule has 5 nitrogen and oxygen atoms in total. The molecule has 0 radical (unpaired) electrons. The molecule has 2 heterocycles. The minimum atomic E-state index is -0.392. The van der Waals surface area contributed by atoms with Gasteiger partial charge in [0.2, 0.25) is 0 Å². The molecule has 2 aromatic rings. The monoisotopic (exact) mass is 271 g/mol. The number of rotatable bonds is 1. The number of hydrogen-bond acceptors (Lipinski definition) is 5. The fourth-order valence-electron chi connectivity index (χ4n) is 2.22. The summed E-state index contributed by atoms with van der Waals surface area (Å²) >= 11 is 0. The van der Waals surface area contributed by atoms with Crippen molar-refractivity contribution >= 4 is 29.2 Å². The predicted molar refractivity (Wildman–Crippen MR) is 79.7 cm³/mol. The van der Waals surface area contributed by atoms with E-state index in [1.807, 2.05) is 45.9 Å². The van der Waals surface area contributed by atoms with E-state index in [4.69, 9.17) is 15.0 Å². The van der Waals surface area contributed by atoms with Gasteiger partial charge in [0, 0.05) is 5.39 Å². The summed E-state index contributed by atoms with van der Waals surface area (Å²) in [6.07, 6.45) is 1.55. The summed E-state index contributed by atoms with van der Waals surface area (Å²) in [7, 11) is -0.392. The van der Waals surface area contributed by atoms with E-state index in [0.29, 0.717) is 5.69 Å². The molecule has 1 aromatic heterocycles. The Labute approximate surface area is 118 Å². The third-order valence-electron chi connectivity index (χ3n) is 4.22. The molecule has 1 aromatic carbocycles. The molecule has 0 aliphatic carbocycles. The maximum atomic E-state index is 6.04. The fraction of sp³-hybridized carbons (Fsp3) is 0.429. The van der Waals surface area contributed by atoms with E-state index in [9.17, 15) is 0 Å². The lowest BCUT2D eigenvalue weighted by Crippen LogP contribution is -2.41. The van der Waals surface area contributed by atoms with Crippen molar-refractivity contribution in [3.8, 4) is 0 Å². The minimum absolute atomic E-state index is 0.353. The van der Waals surface area contributed by atoms with Gasteiger partial charge in [-0.25, -0.2) is 0 Å². The minimum Gasteiger partial charge on any atom is -0.399 e. The molecule has 104 valence electrons. The summed E-state index contributed by atoms with van der Waals surface area (Å²) < 4.78 is 12.1. The normalized spacial score (nSPS) is 20.5. The average molecular weight is 271 g/mol. The summed E-state index contributed by atoms with van der Waals surface area (Å²) in [6, 6.07) is 5.79. The smallest absolute Gasteiger partial charge is 0.399 e. The predicted octanol–water partition coefficient (Wildman–Crippen LogP) is 1.51. The van der Waals surface area contributed by atoms with Gasteiger partial charge in [-0.05, 0) is 39.2 Å². The lowest BCUT2D eigenvalue weighted by molar-refractivity contribution is 0.00578. The number of aromatic nitrogens is 2. The van der Waals surface area contributed by atoms with E-state index < -0.39 is 7.12 Å². The van der Waals surface area contributed by atoms with Crippen LogP contribution in [0.25, 0.3) is 10.9 Å². The van der Waals surface area contributed by atoms with Gasteiger partial charge in [-0.1, -0.05) is 12.1 Å². The zero-order chi connectivity index (χ0) is 14.5. The van der Waals surface area contributed by atoms with Gasteiger partial charge in [-0.2, -0.15) is 10.2 Å². The van der Waals surface area contributed by atoms with Crippen molar-refractivity contribution in [1.29, 1.82) is 0 Å². The zero-order valence-electron chi connectivity index (χ0n) is 12.2. The number of hydrogen-bond donors (Lipinski definition) is 1. The van der Waals surface area contributed by atoms with Crippen LogP contribution < -0.4 is 11.2 Å². The second kappa shape index (κ2) is 4.17. The van der Waals surface area contributed by atoms with Crippen LogP contribution in [0.15, 0.2) is 24.4 Å². The molecule has 0 bridgehead atoms. The lowest BCUT2D eigenvalue weighted by atomic mass is 9.78. The van der Waals surface area contributed by atoms with Crippen LogP contribution in [0, 0.1) is 0 Å². The first-order valence-electron chi connectivity index (χ1n) is 6.67. The topological polar surface area (TPSA) is 70.3 Å². The highest BCUT2D eigenvalue weighted by molar-refractivity contribution is 6.62. The van der Waals surface area contributed by atoms with Crippen molar-refractivity contribution in [2.75, 3.05) is 5.73 Å². The maximum Gasteiger partial charge on any atom is 0.494 e. The summed E-state index contributed by atoms with van der Waals surface area (Å²) in [5.74, 6) is 0. The van der Waals surface area contributed by atoms with Gasteiger partial charge in [0.25, 0.3) is 0 Å². The second-order valence-electron chi connectivity index (χ2n) is 6.16. The van der Waals surface area contributed by atoms with E-state index in [1.54, 1.807) is 6.20 Å². The van der Waals surface area contributed by atoms with Gasteiger partial charge in [0.1, 0.15) is 0 Å². The van der Waals surface area contributed by atoms with Gasteiger partial charge in [0.05, 0.1) is 28.6 Å². The van der Waals surface area contributed by atoms with Crippen molar-refractivity contribution in [3.05, 3.63) is 24.4 Å². The third-order valence-corrected chi connectivity index (χ3v) is 4.22. The Morgan fingerprint density at radius 2 is 1.75 bits per heavy atom. The largest absolute Gasteiger partial charge is 0.494 e. The molecule has 0 spiro atoms. The maximum absolute atomic E-state index is 6.04. The Morgan fingerprint density at radius 3 is 2.40 bits per heavy atom. The Hall–Kier alpha value is -1.66. The zero-order valence-corrected chi connectivity index (χ0v) is 12.2. The molecule has 0 amide bonds. The Kier molecular flexibility index (Phi) is 2.78. The number of nitrogens with two attached hydrogens (primary N) is 1. The number of fused-ring (bicyclic) bond motifs is 1. The molecule has 1 aliphatic heterocycles. The number of anilines is 1. The van der Waals surface area contributed by atoms with Crippen molar-refractivity contribution < 1.29 is 9.31 Å². The molecule has 0 unspecified atom stereocenters. The molecule has 1 fully saturated rings. The van der Waals surface area contributed by atoms with Crippen LogP contribution in [0.5, 0.6) is 0 Å². The molecule has 6 heteroatoms. The summed E-state index contributed by atoms with van der Waals surface area (Å²) in [4.78, 5) is 0. The van der Waals surface area contributed by atoms with Crippen LogP contribution in [0.2, 0.25) is 0 Å². The lowest BCUT2D eigenvalue weighted by Gasteiger charge is -2.32. The third kappa shape index (κ3) is 1.96. The quantitative estimate of drug-likeness (QED) is 0.796. The van der Waals surface area contributed by atoms with E-state index in [1.165, 1.54) is 0 Å². The first-order chi connectivity index (χ1) is 9.30. The fourth-order valence-corrected chi connectivity index (χ4v) is 2.22. The highest BCUT2D eigenvalue weighted by Gasteiger charge is 2.51. The Balaban J connectivity index is 2.02. The molecule has 0 saturated carbocycles. The van der Waals surface area contributed by atoms with Gasteiger partial charge in [0.15, 0.2) is 0 Å².